The highest BCUT2D eigenvalue weighted by Crippen LogP contribution is 2.29. The number of nitriles is 1. The smallest absolute Gasteiger partial charge is 0.238 e. The molecule has 1 amide bonds. The third-order valence-corrected chi connectivity index (χ3v) is 3.45. The molecule has 0 heterocycles. The molecule has 0 saturated heterocycles. The molecule has 2 aromatic rings. The molecule has 5 nitrogen and oxygen atoms in total. The normalized spacial score (nSPS) is 12.1. The van der Waals surface area contributed by atoms with Crippen LogP contribution in [0.25, 0.3) is 0 Å². The molecule has 0 unspecified atom stereocenters. The zero-order valence-corrected chi connectivity index (χ0v) is 11.4. The summed E-state index contributed by atoms with van der Waals surface area (Å²) in [5, 5.41) is 11.0. The van der Waals surface area contributed by atoms with Gasteiger partial charge in [-0.2, -0.15) is 5.26 Å². The van der Waals surface area contributed by atoms with E-state index in [4.69, 9.17) is 5.26 Å². The summed E-state index contributed by atoms with van der Waals surface area (Å²) in [6, 6.07) is 12.9. The van der Waals surface area contributed by atoms with Crippen LogP contribution in [0.4, 0.5) is 5.69 Å². The summed E-state index contributed by atoms with van der Waals surface area (Å²) in [6.45, 7) is 0. The standard InChI is InChI=1S/C17H10N2O3/c18-8-7-15(20)19-10-5-6-13-14(9-10)17(22)12-4-2-1-3-11(12)16(13)21/h1-6,9H,7H2,(H,19,20). The number of nitrogens with one attached hydrogen (secondary N) is 1. The minimum absolute atomic E-state index is 0.208. The van der Waals surface area contributed by atoms with Crippen LogP contribution in [-0.4, -0.2) is 17.5 Å². The number of rotatable bonds is 2. The van der Waals surface area contributed by atoms with Gasteiger partial charge in [0, 0.05) is 27.9 Å². The van der Waals surface area contributed by atoms with E-state index >= 15 is 0 Å². The Bertz CT molecular complexity index is 862. The van der Waals surface area contributed by atoms with Gasteiger partial charge in [0.05, 0.1) is 6.07 Å². The van der Waals surface area contributed by atoms with Gasteiger partial charge in [0.15, 0.2) is 11.6 Å². The average molecular weight is 290 g/mol. The molecule has 0 bridgehead atoms. The lowest BCUT2D eigenvalue weighted by Crippen LogP contribution is -2.21. The molecule has 3 rings (SSSR count). The Morgan fingerprint density at radius 1 is 0.955 bits per heavy atom. The summed E-state index contributed by atoms with van der Waals surface area (Å²) in [5.41, 5.74) is 1.72. The highest BCUT2D eigenvalue weighted by atomic mass is 16.2. The molecule has 106 valence electrons. The average Bonchev–Trinajstić information content (AvgIpc) is 2.53. The fraction of sp³-hybridized carbons (Fsp3) is 0.0588. The third kappa shape index (κ3) is 2.17. The van der Waals surface area contributed by atoms with Gasteiger partial charge in [0.2, 0.25) is 5.91 Å². The van der Waals surface area contributed by atoms with Crippen molar-refractivity contribution in [2.75, 3.05) is 5.32 Å². The molecule has 2 aromatic carbocycles. The highest BCUT2D eigenvalue weighted by Gasteiger charge is 2.29. The molecular weight excluding hydrogens is 280 g/mol. The predicted octanol–water partition coefficient (Wildman–Crippen LogP) is 2.31. The molecule has 0 fully saturated rings. The van der Waals surface area contributed by atoms with Crippen molar-refractivity contribution in [2.24, 2.45) is 0 Å². The number of carbonyl (C=O) groups excluding carboxylic acids is 3. The van der Waals surface area contributed by atoms with Crippen molar-refractivity contribution >= 4 is 23.2 Å². The molecule has 5 heteroatoms. The Kier molecular flexibility index (Phi) is 3.28. The molecule has 0 saturated carbocycles. The largest absolute Gasteiger partial charge is 0.325 e. The van der Waals surface area contributed by atoms with E-state index in [1.807, 2.05) is 0 Å². The van der Waals surface area contributed by atoms with E-state index in [0.29, 0.717) is 22.4 Å². The van der Waals surface area contributed by atoms with Crippen LogP contribution in [0.1, 0.15) is 38.3 Å². The van der Waals surface area contributed by atoms with Crippen molar-refractivity contribution in [3.63, 3.8) is 0 Å². The number of nitrogens with zero attached hydrogens (tertiary/aromatic N) is 1. The molecule has 0 aromatic heterocycles. The van der Waals surface area contributed by atoms with Crippen LogP contribution < -0.4 is 5.32 Å². The maximum absolute atomic E-state index is 12.5. The van der Waals surface area contributed by atoms with E-state index < -0.39 is 5.91 Å². The number of hydrogen-bond donors (Lipinski definition) is 1. The second kappa shape index (κ2) is 5.26. The fourth-order valence-electron chi connectivity index (χ4n) is 2.45. The van der Waals surface area contributed by atoms with Crippen molar-refractivity contribution in [1.82, 2.24) is 0 Å². The fourth-order valence-corrected chi connectivity index (χ4v) is 2.45. The highest BCUT2D eigenvalue weighted by molar-refractivity contribution is 6.28. The maximum atomic E-state index is 12.5. The van der Waals surface area contributed by atoms with E-state index in [2.05, 4.69) is 5.32 Å². The number of benzene rings is 2. The minimum Gasteiger partial charge on any atom is -0.325 e. The Morgan fingerprint density at radius 2 is 1.55 bits per heavy atom. The van der Waals surface area contributed by atoms with Crippen LogP contribution in [0.15, 0.2) is 42.5 Å². The molecule has 22 heavy (non-hydrogen) atoms. The Hall–Kier alpha value is -3.26. The number of ketones is 2. The molecule has 0 spiro atoms. The third-order valence-electron chi connectivity index (χ3n) is 3.45. The zero-order chi connectivity index (χ0) is 15.7. The summed E-state index contributed by atoms with van der Waals surface area (Å²) >= 11 is 0. The molecule has 1 aliphatic rings. The number of carbonyl (C=O) groups is 3. The van der Waals surface area contributed by atoms with Crippen LogP contribution in [0.2, 0.25) is 0 Å². The van der Waals surface area contributed by atoms with Crippen molar-refractivity contribution in [3.05, 3.63) is 64.7 Å². The van der Waals surface area contributed by atoms with Crippen LogP contribution >= 0.6 is 0 Å². The van der Waals surface area contributed by atoms with E-state index in [0.717, 1.165) is 0 Å². The van der Waals surface area contributed by atoms with E-state index in [-0.39, 0.29) is 23.6 Å². The van der Waals surface area contributed by atoms with Crippen molar-refractivity contribution in [2.45, 2.75) is 6.42 Å². The molecule has 0 aliphatic heterocycles. The summed E-state index contributed by atoms with van der Waals surface area (Å²) in [4.78, 5) is 36.3. The summed E-state index contributed by atoms with van der Waals surface area (Å²) in [7, 11) is 0. The van der Waals surface area contributed by atoms with Gasteiger partial charge in [-0.15, -0.1) is 0 Å². The maximum Gasteiger partial charge on any atom is 0.238 e. The molecule has 1 aliphatic carbocycles. The summed E-state index contributed by atoms with van der Waals surface area (Å²) < 4.78 is 0. The van der Waals surface area contributed by atoms with Gasteiger partial charge in [-0.25, -0.2) is 0 Å². The lowest BCUT2D eigenvalue weighted by Gasteiger charge is -2.18. The lowest BCUT2D eigenvalue weighted by molar-refractivity contribution is -0.115. The quantitative estimate of drug-likeness (QED) is 0.784. The molecule has 1 N–H and O–H groups in total. The minimum atomic E-state index is -0.461. The van der Waals surface area contributed by atoms with Crippen molar-refractivity contribution in [1.29, 1.82) is 5.26 Å². The van der Waals surface area contributed by atoms with Gasteiger partial charge < -0.3 is 5.32 Å². The van der Waals surface area contributed by atoms with Gasteiger partial charge in [-0.3, -0.25) is 14.4 Å². The lowest BCUT2D eigenvalue weighted by atomic mass is 9.84. The van der Waals surface area contributed by atoms with Gasteiger partial charge in [0.25, 0.3) is 0 Å². The van der Waals surface area contributed by atoms with Gasteiger partial charge in [0.1, 0.15) is 6.42 Å². The topological polar surface area (TPSA) is 87.0 Å². The monoisotopic (exact) mass is 290 g/mol. The Balaban J connectivity index is 2.03. The first-order valence-corrected chi connectivity index (χ1v) is 6.61. The molecule has 0 radical (unpaired) electrons. The van der Waals surface area contributed by atoms with Gasteiger partial charge >= 0.3 is 0 Å². The van der Waals surface area contributed by atoms with Gasteiger partial charge in [-0.05, 0) is 18.2 Å². The van der Waals surface area contributed by atoms with Crippen molar-refractivity contribution < 1.29 is 14.4 Å². The summed E-state index contributed by atoms with van der Waals surface area (Å²) in [5.74, 6) is -0.917. The number of amides is 1. The number of fused-ring (bicyclic) bond motifs is 2. The zero-order valence-electron chi connectivity index (χ0n) is 11.4. The second-order valence-corrected chi connectivity index (χ2v) is 4.85. The van der Waals surface area contributed by atoms with Crippen LogP contribution in [0, 0.1) is 11.3 Å². The van der Waals surface area contributed by atoms with E-state index in [1.54, 1.807) is 36.4 Å². The molecule has 0 atom stereocenters. The van der Waals surface area contributed by atoms with Gasteiger partial charge in [-0.1, -0.05) is 24.3 Å². The predicted molar refractivity (Wildman–Crippen MR) is 78.6 cm³/mol. The number of hydrogen-bond acceptors (Lipinski definition) is 4. The SMILES string of the molecule is N#CCC(=O)Nc1ccc2c(c1)C(=O)c1ccccc1C2=O. The second-order valence-electron chi connectivity index (χ2n) is 4.85. The summed E-state index contributed by atoms with van der Waals surface area (Å²) in [6.07, 6.45) is -0.271. The molecular formula is C17H10N2O3. The Morgan fingerprint density at radius 3 is 2.18 bits per heavy atom. The number of anilines is 1. The van der Waals surface area contributed by atoms with E-state index in [1.165, 1.54) is 12.1 Å². The first-order valence-electron chi connectivity index (χ1n) is 6.61. The van der Waals surface area contributed by atoms with Crippen LogP contribution in [-0.2, 0) is 4.79 Å². The Labute approximate surface area is 126 Å². The first kappa shape index (κ1) is 13.7. The van der Waals surface area contributed by atoms with Crippen LogP contribution in [0.5, 0.6) is 0 Å². The van der Waals surface area contributed by atoms with E-state index in [9.17, 15) is 14.4 Å². The first-order chi connectivity index (χ1) is 10.6. The van der Waals surface area contributed by atoms with Crippen molar-refractivity contribution in [3.8, 4) is 6.07 Å². The van der Waals surface area contributed by atoms with Crippen LogP contribution in [0.3, 0.4) is 0 Å².